The summed E-state index contributed by atoms with van der Waals surface area (Å²) >= 11 is 1.80. The van der Waals surface area contributed by atoms with Gasteiger partial charge in [-0.05, 0) is 34.9 Å². The molecule has 0 N–H and O–H groups in total. The van der Waals surface area contributed by atoms with E-state index in [0.717, 1.165) is 0 Å². The van der Waals surface area contributed by atoms with Gasteiger partial charge in [0, 0.05) is 4.70 Å². The summed E-state index contributed by atoms with van der Waals surface area (Å²) in [5.41, 5.74) is 3.86. The largest absolute Gasteiger partial charge is 0.143 e. The van der Waals surface area contributed by atoms with Gasteiger partial charge in [0.2, 0.25) is 0 Å². The maximum Gasteiger partial charge on any atom is 0.0348 e. The Hall–Kier alpha value is -1.86. The van der Waals surface area contributed by atoms with E-state index in [1.807, 2.05) is 0 Å². The van der Waals surface area contributed by atoms with Crippen LogP contribution in [0.4, 0.5) is 0 Å². The lowest BCUT2D eigenvalue weighted by Gasteiger charge is -1.95. The van der Waals surface area contributed by atoms with E-state index in [4.69, 9.17) is 0 Å². The first-order chi connectivity index (χ1) is 8.83. The standard InChI is InChI=1S/C17H14S/c1-13-5-4-6-14(11-13)9-10-15-12-18-17-8-3-2-7-16(15)17/h2-12H,1H3. The molecule has 0 saturated heterocycles. The van der Waals surface area contributed by atoms with Crippen molar-refractivity contribution in [3.8, 4) is 0 Å². The highest BCUT2D eigenvalue weighted by atomic mass is 32.1. The predicted octanol–water partition coefficient (Wildman–Crippen LogP) is 5.38. The summed E-state index contributed by atoms with van der Waals surface area (Å²) in [7, 11) is 0. The number of hydrogen-bond acceptors (Lipinski definition) is 1. The van der Waals surface area contributed by atoms with Crippen LogP contribution in [0.3, 0.4) is 0 Å². The van der Waals surface area contributed by atoms with Crippen LogP contribution < -0.4 is 0 Å². The van der Waals surface area contributed by atoms with Gasteiger partial charge in [-0.2, -0.15) is 0 Å². The summed E-state index contributed by atoms with van der Waals surface area (Å²) in [4.78, 5) is 0. The fourth-order valence-electron chi connectivity index (χ4n) is 2.09. The molecule has 1 heteroatoms. The zero-order valence-electron chi connectivity index (χ0n) is 10.3. The van der Waals surface area contributed by atoms with Crippen LogP contribution in [-0.2, 0) is 0 Å². The van der Waals surface area contributed by atoms with Gasteiger partial charge in [-0.15, -0.1) is 11.3 Å². The second-order valence-electron chi connectivity index (χ2n) is 4.43. The first-order valence-electron chi connectivity index (χ1n) is 6.04. The Morgan fingerprint density at radius 2 is 1.83 bits per heavy atom. The zero-order chi connectivity index (χ0) is 12.4. The van der Waals surface area contributed by atoms with E-state index in [-0.39, 0.29) is 0 Å². The molecule has 0 unspecified atom stereocenters. The lowest BCUT2D eigenvalue weighted by atomic mass is 10.1. The summed E-state index contributed by atoms with van der Waals surface area (Å²) in [6.07, 6.45) is 4.38. The molecule has 2 aromatic carbocycles. The fraction of sp³-hybridized carbons (Fsp3) is 0.0588. The molecule has 1 heterocycles. The number of fused-ring (bicyclic) bond motifs is 1. The van der Waals surface area contributed by atoms with E-state index >= 15 is 0 Å². The molecular formula is C17H14S. The molecule has 0 amide bonds. The van der Waals surface area contributed by atoms with Gasteiger partial charge in [0.05, 0.1) is 0 Å². The van der Waals surface area contributed by atoms with Crippen LogP contribution in [-0.4, -0.2) is 0 Å². The average Bonchev–Trinajstić information content (AvgIpc) is 2.80. The van der Waals surface area contributed by atoms with Crippen molar-refractivity contribution in [1.82, 2.24) is 0 Å². The lowest BCUT2D eigenvalue weighted by Crippen LogP contribution is -1.74. The zero-order valence-corrected chi connectivity index (χ0v) is 11.1. The van der Waals surface area contributed by atoms with E-state index in [1.165, 1.54) is 26.8 Å². The molecule has 3 aromatic rings. The highest BCUT2D eigenvalue weighted by molar-refractivity contribution is 7.17. The van der Waals surface area contributed by atoms with Gasteiger partial charge < -0.3 is 0 Å². The van der Waals surface area contributed by atoms with Crippen LogP contribution in [0.2, 0.25) is 0 Å². The number of aryl methyl sites for hydroxylation is 1. The minimum absolute atomic E-state index is 1.25. The molecule has 0 spiro atoms. The van der Waals surface area contributed by atoms with Crippen molar-refractivity contribution in [3.63, 3.8) is 0 Å². The molecule has 3 rings (SSSR count). The Morgan fingerprint density at radius 3 is 2.72 bits per heavy atom. The monoisotopic (exact) mass is 250 g/mol. The number of thiophene rings is 1. The first kappa shape index (κ1) is 11.2. The minimum atomic E-state index is 1.25. The molecular weight excluding hydrogens is 236 g/mol. The molecule has 0 aliphatic carbocycles. The summed E-state index contributed by atoms with van der Waals surface area (Å²) in [5.74, 6) is 0. The second kappa shape index (κ2) is 4.79. The Kier molecular flexibility index (Phi) is 2.99. The third kappa shape index (κ3) is 2.22. The van der Waals surface area contributed by atoms with Crippen molar-refractivity contribution in [2.45, 2.75) is 6.92 Å². The smallest absolute Gasteiger partial charge is 0.0348 e. The van der Waals surface area contributed by atoms with Gasteiger partial charge in [-0.25, -0.2) is 0 Å². The third-order valence-corrected chi connectivity index (χ3v) is 3.99. The molecule has 0 fully saturated rings. The first-order valence-corrected chi connectivity index (χ1v) is 6.92. The van der Waals surface area contributed by atoms with E-state index in [9.17, 15) is 0 Å². The van der Waals surface area contributed by atoms with Crippen LogP contribution in [0.1, 0.15) is 16.7 Å². The van der Waals surface area contributed by atoms with Gasteiger partial charge in [-0.3, -0.25) is 0 Å². The van der Waals surface area contributed by atoms with Gasteiger partial charge in [0.25, 0.3) is 0 Å². The van der Waals surface area contributed by atoms with Crippen LogP contribution in [0.15, 0.2) is 53.9 Å². The Bertz CT molecular complexity index is 704. The molecule has 0 nitrogen and oxygen atoms in total. The van der Waals surface area contributed by atoms with E-state index in [0.29, 0.717) is 0 Å². The quantitative estimate of drug-likeness (QED) is 0.572. The van der Waals surface area contributed by atoms with Gasteiger partial charge in [0.1, 0.15) is 0 Å². The molecule has 0 bridgehead atoms. The predicted molar refractivity (Wildman–Crippen MR) is 81.9 cm³/mol. The Balaban J connectivity index is 1.97. The Morgan fingerprint density at radius 1 is 0.944 bits per heavy atom. The molecule has 88 valence electrons. The fourth-order valence-corrected chi connectivity index (χ4v) is 3.02. The summed E-state index contributed by atoms with van der Waals surface area (Å²) in [6.45, 7) is 2.12. The highest BCUT2D eigenvalue weighted by Gasteiger charge is 1.99. The van der Waals surface area contributed by atoms with Gasteiger partial charge in [0.15, 0.2) is 0 Å². The van der Waals surface area contributed by atoms with Crippen molar-refractivity contribution in [3.05, 3.63) is 70.6 Å². The van der Waals surface area contributed by atoms with Crippen molar-refractivity contribution < 1.29 is 0 Å². The van der Waals surface area contributed by atoms with Crippen LogP contribution in [0.5, 0.6) is 0 Å². The van der Waals surface area contributed by atoms with Crippen molar-refractivity contribution >= 4 is 33.6 Å². The summed E-state index contributed by atoms with van der Waals surface area (Å²) in [6, 6.07) is 17.1. The molecule has 0 aliphatic heterocycles. The number of rotatable bonds is 2. The molecule has 18 heavy (non-hydrogen) atoms. The van der Waals surface area contributed by atoms with Crippen molar-refractivity contribution in [2.24, 2.45) is 0 Å². The molecule has 0 atom stereocenters. The molecule has 0 radical (unpaired) electrons. The second-order valence-corrected chi connectivity index (χ2v) is 5.35. The maximum absolute atomic E-state index is 2.22. The van der Waals surface area contributed by atoms with Crippen molar-refractivity contribution in [1.29, 1.82) is 0 Å². The minimum Gasteiger partial charge on any atom is -0.143 e. The lowest BCUT2D eigenvalue weighted by molar-refractivity contribution is 1.46. The normalized spacial score (nSPS) is 11.4. The van der Waals surface area contributed by atoms with E-state index in [1.54, 1.807) is 11.3 Å². The van der Waals surface area contributed by atoms with Crippen molar-refractivity contribution in [2.75, 3.05) is 0 Å². The summed E-state index contributed by atoms with van der Waals surface area (Å²) in [5, 5.41) is 3.56. The number of benzene rings is 2. The van der Waals surface area contributed by atoms with E-state index in [2.05, 4.69) is 73.0 Å². The topological polar surface area (TPSA) is 0 Å². The van der Waals surface area contributed by atoms with Gasteiger partial charge in [-0.1, -0.05) is 60.2 Å². The highest BCUT2D eigenvalue weighted by Crippen LogP contribution is 2.27. The third-order valence-electron chi connectivity index (χ3n) is 3.01. The van der Waals surface area contributed by atoms with Crippen LogP contribution in [0, 0.1) is 6.92 Å². The van der Waals surface area contributed by atoms with E-state index < -0.39 is 0 Å². The van der Waals surface area contributed by atoms with Crippen LogP contribution in [0.25, 0.3) is 22.2 Å². The average molecular weight is 250 g/mol. The van der Waals surface area contributed by atoms with Gasteiger partial charge >= 0.3 is 0 Å². The SMILES string of the molecule is Cc1cccc(C=Cc2csc3ccccc23)c1. The molecule has 0 saturated carbocycles. The maximum atomic E-state index is 2.22. The number of hydrogen-bond donors (Lipinski definition) is 0. The molecule has 1 aromatic heterocycles. The van der Waals surface area contributed by atoms with Crippen LogP contribution >= 0.6 is 11.3 Å². The molecule has 0 aliphatic rings. The Labute approximate surface area is 111 Å². The summed E-state index contributed by atoms with van der Waals surface area (Å²) < 4.78 is 1.35.